The van der Waals surface area contributed by atoms with Gasteiger partial charge in [0.05, 0.1) is 31.5 Å². The van der Waals surface area contributed by atoms with Crippen molar-refractivity contribution in [2.75, 3.05) is 13.2 Å². The van der Waals surface area contributed by atoms with Crippen molar-refractivity contribution in [2.45, 2.75) is 76.9 Å². The van der Waals surface area contributed by atoms with Crippen LogP contribution in [0, 0.1) is 0 Å². The maximum atomic E-state index is 11.9. The molecule has 1 saturated heterocycles. The van der Waals surface area contributed by atoms with E-state index >= 15 is 0 Å². The lowest BCUT2D eigenvalue weighted by molar-refractivity contribution is -0.150. The number of carbonyl (C=O) groups excluding carboxylic acids is 1. The molecule has 1 aliphatic carbocycles. The normalized spacial score (nSPS) is 31.9. The highest BCUT2D eigenvalue weighted by Gasteiger charge is 2.31. The van der Waals surface area contributed by atoms with Gasteiger partial charge in [-0.15, -0.1) is 0 Å². The van der Waals surface area contributed by atoms with E-state index in [4.69, 9.17) is 14.2 Å². The maximum absolute atomic E-state index is 11.9. The van der Waals surface area contributed by atoms with E-state index in [2.05, 4.69) is 19.2 Å². The maximum Gasteiger partial charge on any atom is 0.325 e. The van der Waals surface area contributed by atoms with Crippen LogP contribution < -0.4 is 5.32 Å². The van der Waals surface area contributed by atoms with Gasteiger partial charge in [-0.1, -0.05) is 0 Å². The van der Waals surface area contributed by atoms with E-state index in [1.165, 1.54) is 0 Å². The third-order valence-electron chi connectivity index (χ3n) is 3.74. The molecule has 3 unspecified atom stereocenters. The van der Waals surface area contributed by atoms with Crippen LogP contribution in [-0.4, -0.2) is 49.6 Å². The molecule has 5 heteroatoms. The van der Waals surface area contributed by atoms with Gasteiger partial charge in [-0.2, -0.15) is 0 Å². The highest BCUT2D eigenvalue weighted by Crippen LogP contribution is 2.23. The Bertz CT molecular complexity index is 309. The van der Waals surface area contributed by atoms with Gasteiger partial charge in [-0.05, 0) is 46.5 Å². The molecule has 2 fully saturated rings. The second kappa shape index (κ2) is 7.38. The summed E-state index contributed by atoms with van der Waals surface area (Å²) >= 11 is 0. The molecule has 2 aliphatic rings. The van der Waals surface area contributed by atoms with Crippen molar-refractivity contribution < 1.29 is 19.0 Å². The summed E-state index contributed by atoms with van der Waals surface area (Å²) < 4.78 is 16.7. The molecular formula is C15H27NO4. The van der Waals surface area contributed by atoms with Crippen LogP contribution in [0.4, 0.5) is 0 Å². The number of hydrogen-bond donors (Lipinski definition) is 1. The lowest BCUT2D eigenvalue weighted by atomic mass is 10.0. The van der Waals surface area contributed by atoms with Gasteiger partial charge in [0, 0.05) is 6.04 Å². The number of esters is 1. The Balaban J connectivity index is 1.79. The third-order valence-corrected chi connectivity index (χ3v) is 3.74. The fourth-order valence-corrected chi connectivity index (χ4v) is 2.67. The zero-order valence-corrected chi connectivity index (χ0v) is 12.8. The van der Waals surface area contributed by atoms with Gasteiger partial charge in [0.2, 0.25) is 0 Å². The van der Waals surface area contributed by atoms with E-state index in [1.54, 1.807) is 0 Å². The number of rotatable bonds is 7. The first-order valence-electron chi connectivity index (χ1n) is 7.78. The Morgan fingerprint density at radius 3 is 2.50 bits per heavy atom. The summed E-state index contributed by atoms with van der Waals surface area (Å²) in [4.78, 5) is 11.9. The summed E-state index contributed by atoms with van der Waals surface area (Å²) in [5.74, 6) is -0.201. The standard InChI is InChI=1S/C15H27NO4/c1-4-18-15(17)14(16-12-5-6-12)9-19-13-7-10(2)20-11(3)8-13/h10-14,16H,4-9H2,1-3H3. The van der Waals surface area contributed by atoms with Crippen molar-refractivity contribution in [2.24, 2.45) is 0 Å². The molecular weight excluding hydrogens is 258 g/mol. The molecule has 0 bridgehead atoms. The molecule has 0 spiro atoms. The van der Waals surface area contributed by atoms with Crippen molar-refractivity contribution in [1.82, 2.24) is 5.32 Å². The SMILES string of the molecule is CCOC(=O)C(COC1CC(C)OC(C)C1)NC1CC1. The van der Waals surface area contributed by atoms with Crippen molar-refractivity contribution in [3.05, 3.63) is 0 Å². The first kappa shape index (κ1) is 15.7. The predicted molar refractivity (Wildman–Crippen MR) is 75.6 cm³/mol. The average Bonchev–Trinajstić information content (AvgIpc) is 3.17. The van der Waals surface area contributed by atoms with E-state index in [0.29, 0.717) is 19.3 Å². The van der Waals surface area contributed by atoms with Crippen LogP contribution in [0.25, 0.3) is 0 Å². The molecule has 1 aliphatic heterocycles. The van der Waals surface area contributed by atoms with Crippen LogP contribution in [0.2, 0.25) is 0 Å². The van der Waals surface area contributed by atoms with Gasteiger partial charge in [-0.25, -0.2) is 0 Å². The molecule has 3 atom stereocenters. The van der Waals surface area contributed by atoms with Crippen LogP contribution in [0.3, 0.4) is 0 Å². The molecule has 0 radical (unpaired) electrons. The zero-order valence-electron chi connectivity index (χ0n) is 12.8. The monoisotopic (exact) mass is 285 g/mol. The Morgan fingerprint density at radius 2 is 1.95 bits per heavy atom. The van der Waals surface area contributed by atoms with Gasteiger partial charge in [0.1, 0.15) is 6.04 Å². The molecule has 5 nitrogen and oxygen atoms in total. The Morgan fingerprint density at radius 1 is 1.30 bits per heavy atom. The summed E-state index contributed by atoms with van der Waals surface area (Å²) in [6.45, 7) is 6.76. The Hall–Kier alpha value is -0.650. The fourth-order valence-electron chi connectivity index (χ4n) is 2.67. The van der Waals surface area contributed by atoms with E-state index < -0.39 is 0 Å². The largest absolute Gasteiger partial charge is 0.465 e. The topological polar surface area (TPSA) is 56.8 Å². The first-order chi connectivity index (χ1) is 9.58. The summed E-state index contributed by atoms with van der Waals surface area (Å²) in [7, 11) is 0. The molecule has 116 valence electrons. The molecule has 0 amide bonds. The zero-order chi connectivity index (χ0) is 14.5. The van der Waals surface area contributed by atoms with E-state index in [1.807, 2.05) is 6.92 Å². The smallest absolute Gasteiger partial charge is 0.325 e. The van der Waals surface area contributed by atoms with Crippen molar-refractivity contribution in [3.8, 4) is 0 Å². The molecule has 20 heavy (non-hydrogen) atoms. The first-order valence-corrected chi connectivity index (χ1v) is 7.78. The summed E-state index contributed by atoms with van der Waals surface area (Å²) in [6.07, 6.45) is 4.68. The summed E-state index contributed by atoms with van der Waals surface area (Å²) in [5, 5.41) is 3.31. The number of hydrogen-bond acceptors (Lipinski definition) is 5. The molecule has 1 saturated carbocycles. The quantitative estimate of drug-likeness (QED) is 0.721. The van der Waals surface area contributed by atoms with E-state index in [9.17, 15) is 4.79 Å². The van der Waals surface area contributed by atoms with Crippen LogP contribution in [0.1, 0.15) is 46.5 Å². The molecule has 0 aromatic carbocycles. The molecule has 1 N–H and O–H groups in total. The fraction of sp³-hybridized carbons (Fsp3) is 0.933. The molecule has 0 aromatic heterocycles. The lowest BCUT2D eigenvalue weighted by Crippen LogP contribution is -2.45. The van der Waals surface area contributed by atoms with Crippen LogP contribution in [-0.2, 0) is 19.0 Å². The van der Waals surface area contributed by atoms with Gasteiger partial charge >= 0.3 is 5.97 Å². The minimum Gasteiger partial charge on any atom is -0.465 e. The second-order valence-electron chi connectivity index (χ2n) is 5.93. The highest BCUT2D eigenvalue weighted by molar-refractivity contribution is 5.76. The minimum absolute atomic E-state index is 0.173. The second-order valence-corrected chi connectivity index (χ2v) is 5.93. The van der Waals surface area contributed by atoms with Gasteiger partial charge < -0.3 is 14.2 Å². The summed E-state index contributed by atoms with van der Waals surface area (Å²) in [5.41, 5.74) is 0. The number of nitrogens with one attached hydrogen (secondary N) is 1. The highest BCUT2D eigenvalue weighted by atomic mass is 16.5. The number of carbonyl (C=O) groups is 1. The molecule has 1 heterocycles. The van der Waals surface area contributed by atoms with Crippen LogP contribution in [0.15, 0.2) is 0 Å². The molecule has 0 aromatic rings. The third kappa shape index (κ3) is 5.04. The minimum atomic E-state index is -0.337. The van der Waals surface area contributed by atoms with Crippen molar-refractivity contribution in [3.63, 3.8) is 0 Å². The summed E-state index contributed by atoms with van der Waals surface area (Å²) in [6, 6.07) is 0.122. The van der Waals surface area contributed by atoms with Gasteiger partial charge in [0.15, 0.2) is 0 Å². The molecule has 2 rings (SSSR count). The number of ether oxygens (including phenoxy) is 3. The van der Waals surface area contributed by atoms with Gasteiger partial charge in [0.25, 0.3) is 0 Å². The lowest BCUT2D eigenvalue weighted by Gasteiger charge is -2.32. The Labute approximate surface area is 121 Å². The predicted octanol–water partition coefficient (Wildman–Crippen LogP) is 1.64. The van der Waals surface area contributed by atoms with Gasteiger partial charge in [-0.3, -0.25) is 10.1 Å². The van der Waals surface area contributed by atoms with Crippen LogP contribution in [0.5, 0.6) is 0 Å². The Kier molecular flexibility index (Phi) is 5.81. The van der Waals surface area contributed by atoms with E-state index in [0.717, 1.165) is 25.7 Å². The van der Waals surface area contributed by atoms with Crippen molar-refractivity contribution in [1.29, 1.82) is 0 Å². The van der Waals surface area contributed by atoms with E-state index in [-0.39, 0.29) is 30.3 Å². The average molecular weight is 285 g/mol. The van der Waals surface area contributed by atoms with Crippen LogP contribution >= 0.6 is 0 Å². The van der Waals surface area contributed by atoms with Crippen molar-refractivity contribution >= 4 is 5.97 Å².